The second kappa shape index (κ2) is 8.57. The van der Waals surface area contributed by atoms with Crippen LogP contribution < -0.4 is 5.56 Å². The first-order valence-electron chi connectivity index (χ1n) is 7.03. The maximum atomic E-state index is 12.1. The third kappa shape index (κ3) is 3.50. The summed E-state index contributed by atoms with van der Waals surface area (Å²) in [4.78, 5) is 12.1. The normalized spacial score (nSPS) is 9.20. The number of nitrogens with zero attached hydrogens (tertiary/aromatic N) is 1. The predicted molar refractivity (Wildman–Crippen MR) is 89.2 cm³/mol. The van der Waals surface area contributed by atoms with Crippen LogP contribution in [0.1, 0.15) is 27.7 Å². The molecule has 106 valence electrons. The van der Waals surface area contributed by atoms with E-state index in [1.54, 1.807) is 0 Å². The molecule has 0 saturated carbocycles. The van der Waals surface area contributed by atoms with E-state index in [1.165, 1.54) is 4.26 Å². The van der Waals surface area contributed by atoms with Crippen LogP contribution in [0, 0.1) is 0 Å². The summed E-state index contributed by atoms with van der Waals surface area (Å²) in [6, 6.07) is 17.7. The summed E-state index contributed by atoms with van der Waals surface area (Å²) in [6.45, 7) is 8.00. The number of aromatic nitrogens is 1. The van der Waals surface area contributed by atoms with Crippen LogP contribution in [0.15, 0.2) is 59.4 Å². The second-order valence-corrected chi connectivity index (χ2v) is 5.59. The number of hydrogen-bond donors (Lipinski definition) is 0. The average molecular weight is 334 g/mol. The Labute approximate surface area is 126 Å². The maximum absolute atomic E-state index is 12.1. The van der Waals surface area contributed by atoms with Gasteiger partial charge in [0.05, 0.1) is 0 Å². The van der Waals surface area contributed by atoms with Crippen molar-refractivity contribution in [1.82, 2.24) is 3.56 Å². The predicted octanol–water partition coefficient (Wildman–Crippen LogP) is 4.10. The fraction of sp³-hybridized carbons (Fsp3) is 0.235. The van der Waals surface area contributed by atoms with Gasteiger partial charge in [-0.25, -0.2) is 0 Å². The number of para-hydroxylation sites is 1. The molecule has 0 spiro atoms. The van der Waals surface area contributed by atoms with Gasteiger partial charge < -0.3 is 0 Å². The van der Waals surface area contributed by atoms with Gasteiger partial charge in [-0.2, -0.15) is 0 Å². The molecule has 0 unspecified atom stereocenters. The van der Waals surface area contributed by atoms with E-state index >= 15 is 0 Å². The minimum atomic E-state index is 0.0784. The van der Waals surface area contributed by atoms with Crippen molar-refractivity contribution in [2.45, 2.75) is 27.7 Å². The molecule has 1 aromatic heterocycles. The summed E-state index contributed by atoms with van der Waals surface area (Å²) in [5.41, 5.74) is 1.12. The van der Waals surface area contributed by atoms with E-state index in [1.807, 2.05) is 85.9 Å². The van der Waals surface area contributed by atoms with Crippen LogP contribution in [0.3, 0.4) is 0 Å². The molecule has 0 atom stereocenters. The van der Waals surface area contributed by atoms with Crippen LogP contribution in [0.2, 0.25) is 0 Å². The monoisotopic (exact) mass is 335 g/mol. The standard InChI is InChI=1S/C13H9NOSe.2C2H6/c15-13-11-8-4-5-9-12(11)16-14(13)10-6-2-1-3-7-10;2*1-2/h1-9H;2*1-2H3. The average Bonchev–Trinajstić information content (AvgIpc) is 2.90. The second-order valence-electron chi connectivity index (χ2n) is 3.52. The van der Waals surface area contributed by atoms with Crippen molar-refractivity contribution in [3.8, 4) is 5.69 Å². The van der Waals surface area contributed by atoms with Crippen LogP contribution >= 0.6 is 0 Å². The summed E-state index contributed by atoms with van der Waals surface area (Å²) in [5, 5.41) is 0.853. The molecule has 3 rings (SSSR count). The third-order valence-corrected chi connectivity index (χ3v) is 4.82. The van der Waals surface area contributed by atoms with Gasteiger partial charge >= 0.3 is 98.6 Å². The third-order valence-electron chi connectivity index (χ3n) is 2.48. The van der Waals surface area contributed by atoms with Gasteiger partial charge in [-0.3, -0.25) is 0 Å². The molecular formula is C17H21NOSe. The van der Waals surface area contributed by atoms with Crippen molar-refractivity contribution in [2.24, 2.45) is 0 Å². The first-order valence-corrected chi connectivity index (χ1v) is 8.65. The molecule has 1 heterocycles. The van der Waals surface area contributed by atoms with E-state index < -0.39 is 0 Å². The van der Waals surface area contributed by atoms with Gasteiger partial charge in [-0.05, 0) is 0 Å². The fourth-order valence-electron chi connectivity index (χ4n) is 1.71. The summed E-state index contributed by atoms with van der Waals surface area (Å²) in [7, 11) is 0. The van der Waals surface area contributed by atoms with Gasteiger partial charge in [0, 0.05) is 0 Å². The molecule has 0 radical (unpaired) electrons. The van der Waals surface area contributed by atoms with Crippen molar-refractivity contribution in [1.29, 1.82) is 0 Å². The molecule has 0 bridgehead atoms. The number of hydrogen-bond acceptors (Lipinski definition) is 1. The Balaban J connectivity index is 0.000000461. The zero-order chi connectivity index (χ0) is 15.0. The van der Waals surface area contributed by atoms with Crippen molar-refractivity contribution in [3.05, 3.63) is 65.0 Å². The first kappa shape index (κ1) is 16.5. The van der Waals surface area contributed by atoms with Gasteiger partial charge in [-0.15, -0.1) is 0 Å². The molecule has 0 aliphatic heterocycles. The van der Waals surface area contributed by atoms with Gasteiger partial charge in [0.25, 0.3) is 0 Å². The number of fused-ring (bicyclic) bond motifs is 1. The molecule has 0 aliphatic rings. The minimum absolute atomic E-state index is 0.0784. The van der Waals surface area contributed by atoms with E-state index in [4.69, 9.17) is 0 Å². The number of benzene rings is 2. The van der Waals surface area contributed by atoms with E-state index in [9.17, 15) is 4.79 Å². The van der Waals surface area contributed by atoms with E-state index in [-0.39, 0.29) is 20.3 Å². The van der Waals surface area contributed by atoms with E-state index in [0.29, 0.717) is 0 Å². The van der Waals surface area contributed by atoms with Crippen molar-refractivity contribution >= 4 is 24.4 Å². The Kier molecular flexibility index (Phi) is 7.06. The summed E-state index contributed by atoms with van der Waals surface area (Å²) < 4.78 is 3.04. The Hall–Kier alpha value is -1.57. The topological polar surface area (TPSA) is 22.0 Å². The van der Waals surface area contributed by atoms with Crippen molar-refractivity contribution in [3.63, 3.8) is 0 Å². The zero-order valence-electron chi connectivity index (χ0n) is 12.5. The SMILES string of the molecule is CC.CC.O=c1c2ccccc2[se]n1-c1ccccc1. The Bertz CT molecular complexity index is 683. The molecule has 0 amide bonds. The molecular weight excluding hydrogens is 313 g/mol. The molecule has 0 saturated heterocycles. The summed E-state index contributed by atoms with van der Waals surface area (Å²) in [6.07, 6.45) is 0. The van der Waals surface area contributed by atoms with Gasteiger partial charge in [0.2, 0.25) is 0 Å². The molecule has 0 N–H and O–H groups in total. The van der Waals surface area contributed by atoms with Crippen molar-refractivity contribution in [2.75, 3.05) is 0 Å². The summed E-state index contributed by atoms with van der Waals surface area (Å²) in [5.74, 6) is 0. The zero-order valence-corrected chi connectivity index (χ0v) is 14.2. The van der Waals surface area contributed by atoms with Crippen LogP contribution in [-0.4, -0.2) is 18.3 Å². The molecule has 2 nitrogen and oxygen atoms in total. The van der Waals surface area contributed by atoms with Gasteiger partial charge in [0.1, 0.15) is 0 Å². The van der Waals surface area contributed by atoms with Gasteiger partial charge in [0.15, 0.2) is 0 Å². The first-order chi connectivity index (χ1) is 9.86. The molecule has 0 aliphatic carbocycles. The van der Waals surface area contributed by atoms with E-state index in [0.717, 1.165) is 11.1 Å². The molecule has 0 fully saturated rings. The van der Waals surface area contributed by atoms with Crippen LogP contribution in [-0.2, 0) is 0 Å². The molecule has 2 aromatic carbocycles. The van der Waals surface area contributed by atoms with Gasteiger partial charge in [-0.1, -0.05) is 27.7 Å². The Morgan fingerprint density at radius 1 is 0.800 bits per heavy atom. The summed E-state index contributed by atoms with van der Waals surface area (Å²) >= 11 is 0.0784. The molecule has 3 aromatic rings. The molecule has 3 heteroatoms. The fourth-order valence-corrected chi connectivity index (χ4v) is 3.80. The quantitative estimate of drug-likeness (QED) is 0.614. The Morgan fingerprint density at radius 2 is 1.35 bits per heavy atom. The van der Waals surface area contributed by atoms with Crippen molar-refractivity contribution < 1.29 is 0 Å². The van der Waals surface area contributed by atoms with Crippen LogP contribution in [0.5, 0.6) is 0 Å². The number of rotatable bonds is 1. The van der Waals surface area contributed by atoms with Crippen LogP contribution in [0.4, 0.5) is 0 Å². The Morgan fingerprint density at radius 3 is 1.95 bits per heavy atom. The van der Waals surface area contributed by atoms with Crippen LogP contribution in [0.25, 0.3) is 15.3 Å². The van der Waals surface area contributed by atoms with E-state index in [2.05, 4.69) is 0 Å². The molecule has 20 heavy (non-hydrogen) atoms.